The highest BCUT2D eigenvalue weighted by atomic mass is 79.9. The molecule has 2 aromatic rings. The Labute approximate surface area is 164 Å². The smallest absolute Gasteiger partial charge is 0.336 e. The Kier molecular flexibility index (Phi) is 7.02. The van der Waals surface area contributed by atoms with E-state index in [0.717, 1.165) is 20.5 Å². The second-order valence-corrected chi connectivity index (χ2v) is 6.89. The maximum absolute atomic E-state index is 11.7. The molecule has 0 aliphatic heterocycles. The molecule has 9 heteroatoms. The molecule has 0 fully saturated rings. The van der Waals surface area contributed by atoms with E-state index < -0.39 is 5.97 Å². The zero-order valence-corrected chi connectivity index (χ0v) is 17.5. The molecule has 0 atom stereocenters. The second kappa shape index (κ2) is 8.80. The number of esters is 1. The number of hydrogen-bond donors (Lipinski definition) is 2. The summed E-state index contributed by atoms with van der Waals surface area (Å²) in [5, 5.41) is 7.41. The number of nitrogens with zero attached hydrogens (tertiary/aromatic N) is 2. The van der Waals surface area contributed by atoms with Crippen molar-refractivity contribution in [2.45, 2.75) is 6.92 Å². The van der Waals surface area contributed by atoms with E-state index in [9.17, 15) is 4.79 Å². The monoisotopic (exact) mass is 520 g/mol. The molecule has 3 N–H and O–H groups in total. The minimum Gasteiger partial charge on any atom is -0.463 e. The third-order valence-electron chi connectivity index (χ3n) is 3.02. The van der Waals surface area contributed by atoms with Gasteiger partial charge in [0.1, 0.15) is 9.21 Å². The van der Waals surface area contributed by atoms with Gasteiger partial charge in [-0.05, 0) is 79.0 Å². The van der Waals surface area contributed by atoms with Crippen LogP contribution in [-0.4, -0.2) is 28.9 Å². The summed E-state index contributed by atoms with van der Waals surface area (Å²) >= 11 is 10.3. The highest BCUT2D eigenvalue weighted by molar-refractivity contribution is 9.14. The third-order valence-corrected chi connectivity index (χ3v) is 6.12. The molecule has 1 aromatic carbocycles. The van der Waals surface area contributed by atoms with Crippen LogP contribution >= 0.6 is 47.8 Å². The van der Waals surface area contributed by atoms with Crippen LogP contribution in [0, 0.1) is 0 Å². The molecule has 0 amide bonds. The zero-order valence-electron chi connectivity index (χ0n) is 12.7. The first-order valence-corrected chi connectivity index (χ1v) is 9.38. The molecule has 0 spiro atoms. The van der Waals surface area contributed by atoms with Crippen LogP contribution in [0.25, 0.3) is 5.69 Å². The van der Waals surface area contributed by atoms with Crippen molar-refractivity contribution in [2.75, 3.05) is 18.5 Å². The molecular weight excluding hydrogens is 508 g/mol. The Morgan fingerprint density at radius 3 is 2.50 bits per heavy atom. The topological polar surface area (TPSA) is 82.2 Å². The van der Waals surface area contributed by atoms with Crippen LogP contribution in [0.5, 0.6) is 0 Å². The largest absolute Gasteiger partial charge is 0.463 e. The number of benzene rings is 1. The molecular formula is C15H15Br3N4O2. The van der Waals surface area contributed by atoms with Crippen molar-refractivity contribution in [3.8, 4) is 5.69 Å². The van der Waals surface area contributed by atoms with Gasteiger partial charge < -0.3 is 15.8 Å². The van der Waals surface area contributed by atoms with Crippen molar-refractivity contribution < 1.29 is 9.53 Å². The molecule has 0 aliphatic rings. The Hall–Kier alpha value is -1.16. The van der Waals surface area contributed by atoms with Gasteiger partial charge >= 0.3 is 5.97 Å². The molecule has 128 valence electrons. The molecule has 0 saturated heterocycles. The first kappa shape index (κ1) is 19.2. The standard InChI is InChI=1S/C15H15Br3N4O2/c1-2-24-15(23)9(7-19)8-20-10-3-5-11(6-4-10)22-14(18)12(16)13(17)21-22/h3-6,8,20H,2,7,19H2,1H3/b9-8+. The van der Waals surface area contributed by atoms with Crippen LogP contribution in [-0.2, 0) is 9.53 Å². The minimum atomic E-state index is -0.417. The number of carbonyl (C=O) groups is 1. The molecule has 6 nitrogen and oxygen atoms in total. The van der Waals surface area contributed by atoms with Gasteiger partial charge in [-0.3, -0.25) is 0 Å². The minimum absolute atomic E-state index is 0.103. The number of anilines is 1. The summed E-state index contributed by atoms with van der Waals surface area (Å²) in [5.74, 6) is -0.417. The van der Waals surface area contributed by atoms with Gasteiger partial charge in [0.2, 0.25) is 0 Å². The van der Waals surface area contributed by atoms with Gasteiger partial charge in [0.15, 0.2) is 0 Å². The van der Waals surface area contributed by atoms with Crippen molar-refractivity contribution in [2.24, 2.45) is 5.73 Å². The summed E-state index contributed by atoms with van der Waals surface area (Å²) in [5.41, 5.74) is 7.64. The molecule has 1 heterocycles. The maximum Gasteiger partial charge on any atom is 0.336 e. The number of hydrogen-bond acceptors (Lipinski definition) is 5. The zero-order chi connectivity index (χ0) is 17.7. The van der Waals surface area contributed by atoms with E-state index in [0.29, 0.717) is 16.8 Å². The number of nitrogens with one attached hydrogen (secondary N) is 1. The second-order valence-electron chi connectivity index (χ2n) is 4.59. The van der Waals surface area contributed by atoms with E-state index in [-0.39, 0.29) is 6.54 Å². The van der Waals surface area contributed by atoms with Gasteiger partial charge in [0.25, 0.3) is 0 Å². The van der Waals surface area contributed by atoms with Crippen molar-refractivity contribution in [1.82, 2.24) is 9.78 Å². The molecule has 0 aliphatic carbocycles. The lowest BCUT2D eigenvalue weighted by Crippen LogP contribution is -2.17. The SMILES string of the molecule is CCOC(=O)/C(=C/Nc1ccc(-n2nc(Br)c(Br)c2Br)cc1)CN. The number of halogens is 3. The summed E-state index contributed by atoms with van der Waals surface area (Å²) in [6, 6.07) is 7.56. The number of aromatic nitrogens is 2. The number of ether oxygens (including phenoxy) is 1. The predicted molar refractivity (Wildman–Crippen MR) is 104 cm³/mol. The fourth-order valence-corrected chi connectivity index (χ4v) is 3.15. The fraction of sp³-hybridized carbons (Fsp3) is 0.200. The Morgan fingerprint density at radius 1 is 1.33 bits per heavy atom. The molecule has 0 bridgehead atoms. The first-order chi connectivity index (χ1) is 11.5. The number of rotatable bonds is 6. The molecule has 1 aromatic heterocycles. The van der Waals surface area contributed by atoms with Crippen molar-refractivity contribution in [3.05, 3.63) is 49.7 Å². The van der Waals surface area contributed by atoms with Gasteiger partial charge in [-0.25, -0.2) is 9.48 Å². The van der Waals surface area contributed by atoms with E-state index in [1.54, 1.807) is 17.8 Å². The Morgan fingerprint density at radius 2 is 2.00 bits per heavy atom. The molecule has 0 saturated carbocycles. The van der Waals surface area contributed by atoms with Crippen molar-refractivity contribution in [1.29, 1.82) is 0 Å². The van der Waals surface area contributed by atoms with Crippen LogP contribution in [0.1, 0.15) is 6.92 Å². The van der Waals surface area contributed by atoms with E-state index >= 15 is 0 Å². The average Bonchev–Trinajstić information content (AvgIpc) is 2.84. The summed E-state index contributed by atoms with van der Waals surface area (Å²) in [6.07, 6.45) is 1.56. The predicted octanol–water partition coefficient (Wildman–Crippen LogP) is 3.98. The molecule has 0 radical (unpaired) electrons. The van der Waals surface area contributed by atoms with E-state index in [1.807, 2.05) is 24.3 Å². The molecule has 0 unspecified atom stereocenters. The van der Waals surface area contributed by atoms with Gasteiger partial charge in [0.05, 0.1) is 22.3 Å². The quantitative estimate of drug-likeness (QED) is 0.443. The van der Waals surface area contributed by atoms with Gasteiger partial charge in [0, 0.05) is 18.4 Å². The maximum atomic E-state index is 11.7. The van der Waals surface area contributed by atoms with E-state index in [4.69, 9.17) is 10.5 Å². The lowest BCUT2D eigenvalue weighted by molar-refractivity contribution is -0.138. The van der Waals surface area contributed by atoms with E-state index in [1.165, 1.54) is 0 Å². The summed E-state index contributed by atoms with van der Waals surface area (Å²) in [4.78, 5) is 11.7. The number of nitrogens with two attached hydrogens (primary N) is 1. The highest BCUT2D eigenvalue weighted by Crippen LogP contribution is 2.32. The third kappa shape index (κ3) is 4.47. The van der Waals surface area contributed by atoms with Crippen LogP contribution in [0.4, 0.5) is 5.69 Å². The Balaban J connectivity index is 2.14. The van der Waals surface area contributed by atoms with Crippen LogP contribution in [0.3, 0.4) is 0 Å². The average molecular weight is 523 g/mol. The fourth-order valence-electron chi connectivity index (χ4n) is 1.82. The highest BCUT2D eigenvalue weighted by Gasteiger charge is 2.13. The lowest BCUT2D eigenvalue weighted by Gasteiger charge is -2.08. The van der Waals surface area contributed by atoms with Crippen LogP contribution in [0.15, 0.2) is 49.7 Å². The van der Waals surface area contributed by atoms with Crippen molar-refractivity contribution in [3.63, 3.8) is 0 Å². The lowest BCUT2D eigenvalue weighted by atomic mass is 10.2. The molecule has 2 rings (SSSR count). The van der Waals surface area contributed by atoms with Gasteiger partial charge in [-0.2, -0.15) is 5.10 Å². The van der Waals surface area contributed by atoms with Gasteiger partial charge in [-0.1, -0.05) is 0 Å². The molecule has 24 heavy (non-hydrogen) atoms. The van der Waals surface area contributed by atoms with Gasteiger partial charge in [-0.15, -0.1) is 0 Å². The number of carbonyl (C=O) groups excluding carboxylic acids is 1. The first-order valence-electron chi connectivity index (χ1n) is 7.00. The summed E-state index contributed by atoms with van der Waals surface area (Å²) in [7, 11) is 0. The summed E-state index contributed by atoms with van der Waals surface area (Å²) < 4.78 is 9.04. The van der Waals surface area contributed by atoms with E-state index in [2.05, 4.69) is 58.2 Å². The Bertz CT molecular complexity index is 757. The summed E-state index contributed by atoms with van der Waals surface area (Å²) in [6.45, 7) is 2.17. The normalized spacial score (nSPS) is 11.5. The van der Waals surface area contributed by atoms with Crippen LogP contribution < -0.4 is 11.1 Å². The van der Waals surface area contributed by atoms with Crippen LogP contribution in [0.2, 0.25) is 0 Å². The van der Waals surface area contributed by atoms with Crippen molar-refractivity contribution >= 4 is 59.4 Å².